The number of aliphatic hydroxyl groups excluding tert-OH is 1. The summed E-state index contributed by atoms with van der Waals surface area (Å²) in [6.45, 7) is 2.36. The van der Waals surface area contributed by atoms with Crippen molar-refractivity contribution in [2.45, 2.75) is 31.5 Å². The van der Waals surface area contributed by atoms with Crippen LogP contribution in [0.4, 0.5) is 0 Å². The van der Waals surface area contributed by atoms with E-state index >= 15 is 0 Å². The molecule has 1 saturated heterocycles. The van der Waals surface area contributed by atoms with Crippen molar-refractivity contribution in [3.05, 3.63) is 23.8 Å². The number of hydrogen-bond donors (Lipinski definition) is 2. The monoisotopic (exact) mass is 291 g/mol. The summed E-state index contributed by atoms with van der Waals surface area (Å²) in [5, 5.41) is 27.7. The smallest absolute Gasteiger partial charge is 0.254 e. The van der Waals surface area contributed by atoms with Gasteiger partial charge in [0, 0.05) is 18.7 Å². The van der Waals surface area contributed by atoms with E-state index in [0.717, 1.165) is 0 Å². The predicted octanol–water partition coefficient (Wildman–Crippen LogP) is 0.571. The highest BCUT2D eigenvalue weighted by atomic mass is 16.6. The Labute approximate surface area is 121 Å². The Hall–Kier alpha value is -1.99. The number of carbonyl (C=O) groups is 1. The van der Waals surface area contributed by atoms with Crippen molar-refractivity contribution in [2.24, 2.45) is 0 Å². The van der Waals surface area contributed by atoms with Crippen molar-refractivity contribution in [3.8, 4) is 0 Å². The van der Waals surface area contributed by atoms with Gasteiger partial charge in [-0.15, -0.1) is 0 Å². The first-order valence-corrected chi connectivity index (χ1v) is 6.95. The van der Waals surface area contributed by atoms with Crippen LogP contribution < -0.4 is 0 Å². The zero-order valence-electron chi connectivity index (χ0n) is 11.7. The summed E-state index contributed by atoms with van der Waals surface area (Å²) < 4.78 is 4.61. The van der Waals surface area contributed by atoms with Gasteiger partial charge in [0.05, 0.1) is 5.60 Å². The molecule has 7 nitrogen and oxygen atoms in total. The number of fused-ring (bicyclic) bond motifs is 1. The zero-order valence-corrected chi connectivity index (χ0v) is 11.7. The SMILES string of the molecule is CC[C@@]1(O)CCN(C(=O)c2ccc3nonc3c2)C[C@H]1O. The molecule has 2 heterocycles. The summed E-state index contributed by atoms with van der Waals surface area (Å²) in [6, 6.07) is 4.94. The Balaban J connectivity index is 1.79. The maximum atomic E-state index is 12.5. The Kier molecular flexibility index (Phi) is 3.38. The van der Waals surface area contributed by atoms with E-state index in [1.807, 2.05) is 6.92 Å². The molecule has 0 radical (unpaired) electrons. The summed E-state index contributed by atoms with van der Waals surface area (Å²) in [6.07, 6.45) is -0.102. The van der Waals surface area contributed by atoms with Crippen LogP contribution in [0.2, 0.25) is 0 Å². The molecule has 1 aromatic carbocycles. The van der Waals surface area contributed by atoms with Crippen LogP contribution >= 0.6 is 0 Å². The highest BCUT2D eigenvalue weighted by Gasteiger charge is 2.40. The number of rotatable bonds is 2. The maximum Gasteiger partial charge on any atom is 0.254 e. The third kappa shape index (κ3) is 2.38. The molecule has 21 heavy (non-hydrogen) atoms. The fraction of sp³-hybridized carbons (Fsp3) is 0.500. The number of aliphatic hydroxyl groups is 2. The topological polar surface area (TPSA) is 99.7 Å². The number of carbonyl (C=O) groups excluding carboxylic acids is 1. The molecule has 7 heteroatoms. The summed E-state index contributed by atoms with van der Waals surface area (Å²) in [5.41, 5.74) is 0.470. The first-order chi connectivity index (χ1) is 10.0. The molecule has 2 atom stereocenters. The van der Waals surface area contributed by atoms with E-state index in [1.165, 1.54) is 0 Å². The molecule has 0 spiro atoms. The second-order valence-electron chi connectivity index (χ2n) is 5.44. The van der Waals surface area contributed by atoms with Gasteiger partial charge in [-0.2, -0.15) is 0 Å². The number of β-amino-alcohol motifs (C(OH)–C–C–N with tert-alkyl or cyclic N) is 1. The summed E-state index contributed by atoms with van der Waals surface area (Å²) >= 11 is 0. The Morgan fingerprint density at radius 2 is 2.24 bits per heavy atom. The lowest BCUT2D eigenvalue weighted by molar-refractivity contribution is -0.114. The van der Waals surface area contributed by atoms with E-state index in [4.69, 9.17) is 0 Å². The lowest BCUT2D eigenvalue weighted by Crippen LogP contribution is -2.56. The molecular formula is C14H17N3O4. The second-order valence-corrected chi connectivity index (χ2v) is 5.44. The van der Waals surface area contributed by atoms with Gasteiger partial charge in [0.15, 0.2) is 0 Å². The number of aromatic nitrogens is 2. The minimum Gasteiger partial charge on any atom is -0.388 e. The molecule has 2 N–H and O–H groups in total. The zero-order chi connectivity index (χ0) is 15.0. The maximum absolute atomic E-state index is 12.5. The quantitative estimate of drug-likeness (QED) is 0.839. The summed E-state index contributed by atoms with van der Waals surface area (Å²) in [4.78, 5) is 14.0. The molecule has 1 aliphatic rings. The number of nitrogens with zero attached hydrogens (tertiary/aromatic N) is 3. The van der Waals surface area contributed by atoms with Gasteiger partial charge in [-0.05, 0) is 41.4 Å². The molecule has 2 aromatic rings. The van der Waals surface area contributed by atoms with E-state index < -0.39 is 11.7 Å². The van der Waals surface area contributed by atoms with Crippen molar-refractivity contribution in [1.29, 1.82) is 0 Å². The molecule has 1 amide bonds. The third-order valence-electron chi connectivity index (χ3n) is 4.23. The fourth-order valence-corrected chi connectivity index (χ4v) is 2.66. The molecule has 0 bridgehead atoms. The first kappa shape index (κ1) is 14.0. The van der Waals surface area contributed by atoms with Crippen LogP contribution in [0.5, 0.6) is 0 Å². The number of hydrogen-bond acceptors (Lipinski definition) is 6. The van der Waals surface area contributed by atoms with E-state index in [0.29, 0.717) is 36.0 Å². The van der Waals surface area contributed by atoms with Crippen molar-refractivity contribution >= 4 is 16.9 Å². The minimum atomic E-state index is -1.10. The average molecular weight is 291 g/mol. The number of likely N-dealkylation sites (tertiary alicyclic amines) is 1. The highest BCUT2D eigenvalue weighted by molar-refractivity contribution is 5.97. The van der Waals surface area contributed by atoms with Crippen LogP contribution in [0.25, 0.3) is 11.0 Å². The molecule has 0 aliphatic carbocycles. The van der Waals surface area contributed by atoms with Gasteiger partial charge in [-0.3, -0.25) is 4.79 Å². The number of amides is 1. The van der Waals surface area contributed by atoms with Crippen LogP contribution in [-0.4, -0.2) is 56.1 Å². The van der Waals surface area contributed by atoms with E-state index in [-0.39, 0.29) is 12.5 Å². The Bertz CT molecular complexity index is 671. The minimum absolute atomic E-state index is 0.123. The lowest BCUT2D eigenvalue weighted by atomic mass is 9.86. The van der Waals surface area contributed by atoms with Crippen LogP contribution in [0, 0.1) is 0 Å². The van der Waals surface area contributed by atoms with Crippen LogP contribution in [-0.2, 0) is 0 Å². The van der Waals surface area contributed by atoms with Crippen LogP contribution in [0.1, 0.15) is 30.1 Å². The summed E-state index contributed by atoms with van der Waals surface area (Å²) in [5.74, 6) is -0.197. The van der Waals surface area contributed by atoms with E-state index in [2.05, 4.69) is 14.9 Å². The molecular weight excluding hydrogens is 274 g/mol. The average Bonchev–Trinajstić information content (AvgIpc) is 2.96. The molecule has 0 saturated carbocycles. The van der Waals surface area contributed by atoms with E-state index in [1.54, 1.807) is 23.1 Å². The van der Waals surface area contributed by atoms with Gasteiger partial charge in [0.25, 0.3) is 5.91 Å². The Morgan fingerprint density at radius 3 is 2.95 bits per heavy atom. The first-order valence-electron chi connectivity index (χ1n) is 6.95. The second kappa shape index (κ2) is 5.09. The molecule has 1 aliphatic heterocycles. The molecule has 112 valence electrons. The predicted molar refractivity (Wildman–Crippen MR) is 73.6 cm³/mol. The Morgan fingerprint density at radius 1 is 1.48 bits per heavy atom. The number of piperidine rings is 1. The molecule has 1 fully saturated rings. The molecule has 3 rings (SSSR count). The van der Waals surface area contributed by atoms with Crippen molar-refractivity contribution < 1.29 is 19.6 Å². The largest absolute Gasteiger partial charge is 0.388 e. The van der Waals surface area contributed by atoms with Gasteiger partial charge in [0.2, 0.25) is 0 Å². The third-order valence-corrected chi connectivity index (χ3v) is 4.23. The molecule has 0 unspecified atom stereocenters. The lowest BCUT2D eigenvalue weighted by Gasteiger charge is -2.41. The summed E-state index contributed by atoms with van der Waals surface area (Å²) in [7, 11) is 0. The van der Waals surface area contributed by atoms with Crippen molar-refractivity contribution in [1.82, 2.24) is 15.2 Å². The van der Waals surface area contributed by atoms with Gasteiger partial charge in [-0.1, -0.05) is 6.92 Å². The van der Waals surface area contributed by atoms with Gasteiger partial charge in [0.1, 0.15) is 17.1 Å². The van der Waals surface area contributed by atoms with Crippen molar-refractivity contribution in [2.75, 3.05) is 13.1 Å². The van der Waals surface area contributed by atoms with Gasteiger partial charge >= 0.3 is 0 Å². The van der Waals surface area contributed by atoms with Gasteiger partial charge in [-0.25, -0.2) is 4.63 Å². The molecule has 1 aromatic heterocycles. The standard InChI is InChI=1S/C14H17N3O4/c1-2-14(20)5-6-17(8-12(14)18)13(19)9-3-4-10-11(7-9)16-21-15-10/h3-4,7,12,18,20H,2,5-6,8H2,1H3/t12-,14-/m1/s1. The highest BCUT2D eigenvalue weighted by Crippen LogP contribution is 2.27. The normalized spacial score (nSPS) is 26.2. The van der Waals surface area contributed by atoms with Crippen LogP contribution in [0.3, 0.4) is 0 Å². The van der Waals surface area contributed by atoms with E-state index in [9.17, 15) is 15.0 Å². The van der Waals surface area contributed by atoms with Gasteiger partial charge < -0.3 is 15.1 Å². The number of benzene rings is 1. The fourth-order valence-electron chi connectivity index (χ4n) is 2.66. The van der Waals surface area contributed by atoms with Crippen molar-refractivity contribution in [3.63, 3.8) is 0 Å². The van der Waals surface area contributed by atoms with Crippen LogP contribution in [0.15, 0.2) is 22.8 Å².